The number of carbonyl (C=O) groups excluding carboxylic acids is 1. The van der Waals surface area contributed by atoms with E-state index in [1.165, 1.54) is 7.11 Å². The van der Waals surface area contributed by atoms with Crippen molar-refractivity contribution < 1.29 is 9.53 Å². The first-order chi connectivity index (χ1) is 8.70. The third-order valence-corrected chi connectivity index (χ3v) is 3.73. The van der Waals surface area contributed by atoms with Crippen molar-refractivity contribution in [3.63, 3.8) is 0 Å². The maximum atomic E-state index is 11.4. The van der Waals surface area contributed by atoms with E-state index in [0.717, 1.165) is 36.1 Å². The molecule has 1 aromatic rings. The number of esters is 1. The van der Waals surface area contributed by atoms with E-state index >= 15 is 0 Å². The average molecular weight is 313 g/mol. The lowest BCUT2D eigenvalue weighted by molar-refractivity contribution is -0.141. The molecular weight excluding hydrogens is 296 g/mol. The van der Waals surface area contributed by atoms with Gasteiger partial charge in [-0.1, -0.05) is 0 Å². The summed E-state index contributed by atoms with van der Waals surface area (Å²) >= 11 is 3.38. The molecule has 0 aromatic carbocycles. The van der Waals surface area contributed by atoms with Crippen LogP contribution in [0.3, 0.4) is 0 Å². The minimum atomic E-state index is -0.149. The van der Waals surface area contributed by atoms with Gasteiger partial charge < -0.3 is 9.64 Å². The van der Waals surface area contributed by atoms with Gasteiger partial charge in [0.15, 0.2) is 0 Å². The Labute approximate surface area is 115 Å². The lowest BCUT2D eigenvalue weighted by atomic mass is 9.99. The summed E-state index contributed by atoms with van der Waals surface area (Å²) in [5.41, 5.74) is 0. The van der Waals surface area contributed by atoms with Gasteiger partial charge in [0.25, 0.3) is 0 Å². The molecule has 0 N–H and O–H groups in total. The Bertz CT molecular complexity index is 408. The maximum Gasteiger partial charge on any atom is 0.307 e. The molecule has 0 amide bonds. The molecule has 1 saturated heterocycles. The molecule has 98 valence electrons. The summed E-state index contributed by atoms with van der Waals surface area (Å²) < 4.78 is 5.73. The summed E-state index contributed by atoms with van der Waals surface area (Å²) in [5, 5.41) is 0. The first-order valence-corrected chi connectivity index (χ1v) is 6.95. The first-order valence-electron chi connectivity index (χ1n) is 6.15. The van der Waals surface area contributed by atoms with Gasteiger partial charge in [-0.3, -0.25) is 4.79 Å². The fourth-order valence-electron chi connectivity index (χ4n) is 2.33. The summed E-state index contributed by atoms with van der Waals surface area (Å²) in [7, 11) is 1.44. The highest BCUT2D eigenvalue weighted by molar-refractivity contribution is 9.10. The van der Waals surface area contributed by atoms with E-state index in [2.05, 4.69) is 25.8 Å². The molecule has 1 atom stereocenters. The molecule has 2 heterocycles. The Kier molecular flexibility index (Phi) is 4.58. The molecule has 1 aliphatic heterocycles. The van der Waals surface area contributed by atoms with E-state index in [1.54, 1.807) is 6.20 Å². The number of nitrogens with zero attached hydrogens (tertiary/aromatic N) is 2. The number of carbonyl (C=O) groups is 1. The van der Waals surface area contributed by atoms with Gasteiger partial charge in [0.2, 0.25) is 0 Å². The fraction of sp³-hybridized carbons (Fsp3) is 0.538. The van der Waals surface area contributed by atoms with E-state index in [0.29, 0.717) is 6.42 Å². The summed E-state index contributed by atoms with van der Waals surface area (Å²) in [6, 6.07) is 4.17. The number of methoxy groups -OCH3 is 1. The molecule has 18 heavy (non-hydrogen) atoms. The van der Waals surface area contributed by atoms with Crippen LogP contribution in [0.15, 0.2) is 22.8 Å². The van der Waals surface area contributed by atoms with E-state index < -0.39 is 0 Å². The van der Waals surface area contributed by atoms with E-state index in [1.807, 2.05) is 12.1 Å². The Morgan fingerprint density at radius 2 is 2.39 bits per heavy atom. The molecule has 1 unspecified atom stereocenters. The van der Waals surface area contributed by atoms with E-state index in [9.17, 15) is 4.79 Å². The van der Waals surface area contributed by atoms with E-state index in [-0.39, 0.29) is 12.0 Å². The molecule has 1 aliphatic rings. The van der Waals surface area contributed by atoms with Crippen LogP contribution in [0, 0.1) is 0 Å². The SMILES string of the molecule is COC(=O)CC1CCCCN1c1ccc(Br)cn1. The number of hydrogen-bond donors (Lipinski definition) is 0. The predicted octanol–water partition coefficient (Wildman–Crippen LogP) is 2.77. The number of hydrogen-bond acceptors (Lipinski definition) is 4. The number of halogens is 1. The molecule has 0 radical (unpaired) electrons. The predicted molar refractivity (Wildman–Crippen MR) is 73.6 cm³/mol. The first kappa shape index (κ1) is 13.3. The molecule has 1 aromatic heterocycles. The van der Waals surface area contributed by atoms with Gasteiger partial charge in [-0.25, -0.2) is 4.98 Å². The largest absolute Gasteiger partial charge is 0.469 e. The quantitative estimate of drug-likeness (QED) is 0.805. The molecule has 2 rings (SSSR count). The minimum absolute atomic E-state index is 0.149. The van der Waals surface area contributed by atoms with Crippen molar-refractivity contribution in [1.82, 2.24) is 4.98 Å². The molecule has 5 heteroatoms. The van der Waals surface area contributed by atoms with Crippen LogP contribution >= 0.6 is 15.9 Å². The topological polar surface area (TPSA) is 42.4 Å². The molecule has 0 spiro atoms. The number of pyridine rings is 1. The van der Waals surface area contributed by atoms with Crippen molar-refractivity contribution in [1.29, 1.82) is 0 Å². The summed E-state index contributed by atoms with van der Waals surface area (Å²) in [5.74, 6) is 0.788. The highest BCUT2D eigenvalue weighted by atomic mass is 79.9. The summed E-state index contributed by atoms with van der Waals surface area (Å²) in [4.78, 5) is 18.1. The number of piperidine rings is 1. The van der Waals surface area contributed by atoms with Gasteiger partial charge in [0, 0.05) is 23.3 Å². The van der Waals surface area contributed by atoms with Gasteiger partial charge >= 0.3 is 5.97 Å². The van der Waals surface area contributed by atoms with Crippen LogP contribution in [0.1, 0.15) is 25.7 Å². The second kappa shape index (κ2) is 6.18. The van der Waals surface area contributed by atoms with Gasteiger partial charge in [-0.2, -0.15) is 0 Å². The zero-order valence-corrected chi connectivity index (χ0v) is 12.0. The van der Waals surface area contributed by atoms with Crippen LogP contribution < -0.4 is 4.90 Å². The zero-order valence-electron chi connectivity index (χ0n) is 10.4. The molecule has 0 saturated carbocycles. The highest BCUT2D eigenvalue weighted by Gasteiger charge is 2.25. The lowest BCUT2D eigenvalue weighted by Crippen LogP contribution is -2.41. The van der Waals surface area contributed by atoms with Crippen molar-refractivity contribution in [3.8, 4) is 0 Å². The van der Waals surface area contributed by atoms with Crippen LogP contribution in [-0.4, -0.2) is 30.6 Å². The van der Waals surface area contributed by atoms with Crippen LogP contribution in [-0.2, 0) is 9.53 Å². The van der Waals surface area contributed by atoms with Crippen molar-refractivity contribution in [2.75, 3.05) is 18.6 Å². The molecule has 0 bridgehead atoms. The smallest absolute Gasteiger partial charge is 0.307 e. The lowest BCUT2D eigenvalue weighted by Gasteiger charge is -2.36. The third kappa shape index (κ3) is 3.22. The van der Waals surface area contributed by atoms with Crippen molar-refractivity contribution in [2.45, 2.75) is 31.7 Å². The molecular formula is C13H17BrN2O2. The molecule has 0 aliphatic carbocycles. The van der Waals surface area contributed by atoms with Crippen LogP contribution in [0.25, 0.3) is 0 Å². The van der Waals surface area contributed by atoms with Gasteiger partial charge in [-0.05, 0) is 47.3 Å². The molecule has 1 fully saturated rings. The van der Waals surface area contributed by atoms with Crippen LogP contribution in [0.4, 0.5) is 5.82 Å². The van der Waals surface area contributed by atoms with Gasteiger partial charge in [0.1, 0.15) is 5.82 Å². The Morgan fingerprint density at radius 3 is 3.06 bits per heavy atom. The van der Waals surface area contributed by atoms with Crippen molar-refractivity contribution in [2.24, 2.45) is 0 Å². The third-order valence-electron chi connectivity index (χ3n) is 3.26. The monoisotopic (exact) mass is 312 g/mol. The van der Waals surface area contributed by atoms with Crippen molar-refractivity contribution in [3.05, 3.63) is 22.8 Å². The fourth-order valence-corrected chi connectivity index (χ4v) is 2.56. The van der Waals surface area contributed by atoms with Crippen LogP contribution in [0.2, 0.25) is 0 Å². The number of aromatic nitrogens is 1. The van der Waals surface area contributed by atoms with Crippen molar-refractivity contribution >= 4 is 27.7 Å². The number of rotatable bonds is 3. The highest BCUT2D eigenvalue weighted by Crippen LogP contribution is 2.26. The number of ether oxygens (including phenoxy) is 1. The second-order valence-electron chi connectivity index (χ2n) is 4.46. The maximum absolute atomic E-state index is 11.4. The van der Waals surface area contributed by atoms with Gasteiger partial charge in [0.05, 0.1) is 13.5 Å². The van der Waals surface area contributed by atoms with Gasteiger partial charge in [-0.15, -0.1) is 0 Å². The molecule has 4 nitrogen and oxygen atoms in total. The standard InChI is InChI=1S/C13H17BrN2O2/c1-18-13(17)8-11-4-2-3-7-16(11)12-6-5-10(14)9-15-12/h5-6,9,11H,2-4,7-8H2,1H3. The second-order valence-corrected chi connectivity index (χ2v) is 5.37. The minimum Gasteiger partial charge on any atom is -0.469 e. The van der Waals surface area contributed by atoms with Crippen LogP contribution in [0.5, 0.6) is 0 Å². The zero-order chi connectivity index (χ0) is 13.0. The Hall–Kier alpha value is -1.10. The van der Waals surface area contributed by atoms with E-state index in [4.69, 9.17) is 4.74 Å². The average Bonchev–Trinajstić information content (AvgIpc) is 2.40. The number of anilines is 1. The summed E-state index contributed by atoms with van der Waals surface area (Å²) in [6.45, 7) is 0.955. The Morgan fingerprint density at radius 1 is 1.56 bits per heavy atom. The normalized spacial score (nSPS) is 19.7. The summed E-state index contributed by atoms with van der Waals surface area (Å²) in [6.07, 6.45) is 5.56. The Balaban J connectivity index is 2.12.